The van der Waals surface area contributed by atoms with Crippen molar-refractivity contribution in [3.63, 3.8) is 0 Å². The molecule has 1 aromatic rings. The second-order valence-electron chi connectivity index (χ2n) is 6.07. The molecule has 0 aliphatic heterocycles. The number of carbonyl (C=O) groups excluding carboxylic acids is 1. The summed E-state index contributed by atoms with van der Waals surface area (Å²) < 4.78 is 5.24. The molecule has 0 bridgehead atoms. The number of amides is 1. The number of aromatic nitrogens is 1. The predicted octanol–water partition coefficient (Wildman–Crippen LogP) is 2.86. The third kappa shape index (κ3) is 8.30. The zero-order valence-corrected chi connectivity index (χ0v) is 13.5. The molecule has 0 aliphatic carbocycles. The van der Waals surface area contributed by atoms with Gasteiger partial charge in [0.15, 0.2) is 0 Å². The van der Waals surface area contributed by atoms with Gasteiger partial charge >= 0.3 is 6.09 Å². The number of hydrogen-bond acceptors (Lipinski definition) is 4. The van der Waals surface area contributed by atoms with Gasteiger partial charge in [0.25, 0.3) is 0 Å². The quantitative estimate of drug-likeness (QED) is 0.811. The van der Waals surface area contributed by atoms with E-state index < -0.39 is 5.60 Å². The van der Waals surface area contributed by atoms with E-state index in [0.717, 1.165) is 18.5 Å². The minimum atomic E-state index is -0.467. The molecule has 0 spiro atoms. The summed E-state index contributed by atoms with van der Waals surface area (Å²) in [6.07, 6.45) is 3.45. The number of carbonyl (C=O) groups is 1. The Hall–Kier alpha value is -1.62. The van der Waals surface area contributed by atoms with Crippen molar-refractivity contribution >= 4 is 6.09 Å². The molecule has 0 saturated carbocycles. The smallest absolute Gasteiger partial charge is 0.407 e. The first-order valence-corrected chi connectivity index (χ1v) is 7.51. The van der Waals surface area contributed by atoms with Gasteiger partial charge < -0.3 is 15.4 Å². The van der Waals surface area contributed by atoms with E-state index >= 15 is 0 Å². The van der Waals surface area contributed by atoms with Crippen molar-refractivity contribution in [3.8, 4) is 0 Å². The molecule has 1 atom stereocenters. The summed E-state index contributed by atoms with van der Waals surface area (Å²) in [5, 5.41) is 6.24. The Balaban J connectivity index is 2.37. The number of nitrogens with one attached hydrogen (secondary N) is 2. The zero-order valence-electron chi connectivity index (χ0n) is 13.5. The molecule has 1 amide bonds. The molecule has 0 fully saturated rings. The summed E-state index contributed by atoms with van der Waals surface area (Å²) in [5.74, 6) is 0. The van der Waals surface area contributed by atoms with Crippen molar-refractivity contribution in [1.29, 1.82) is 0 Å². The number of ether oxygens (including phenoxy) is 1. The van der Waals surface area contributed by atoms with Crippen LogP contribution in [0.25, 0.3) is 0 Å². The highest BCUT2D eigenvalue weighted by Gasteiger charge is 2.17. The summed E-state index contributed by atoms with van der Waals surface area (Å²) in [5.41, 5.74) is 0.530. The maximum Gasteiger partial charge on any atom is 0.407 e. The molecule has 118 valence electrons. The minimum absolute atomic E-state index is 0.213. The lowest BCUT2D eigenvalue weighted by Gasteiger charge is -2.22. The van der Waals surface area contributed by atoms with Crippen LogP contribution >= 0.6 is 0 Å². The topological polar surface area (TPSA) is 63.2 Å². The minimum Gasteiger partial charge on any atom is -0.444 e. The van der Waals surface area contributed by atoms with Crippen LogP contribution in [0.15, 0.2) is 24.4 Å². The van der Waals surface area contributed by atoms with Crippen LogP contribution in [0, 0.1) is 0 Å². The van der Waals surface area contributed by atoms with Crippen LogP contribution in [0.2, 0.25) is 0 Å². The number of pyridine rings is 1. The normalized spacial score (nSPS) is 12.8. The number of nitrogens with zero attached hydrogens (tertiary/aromatic N) is 1. The fraction of sp³-hybridized carbons (Fsp3) is 0.625. The molecule has 21 heavy (non-hydrogen) atoms. The predicted molar refractivity (Wildman–Crippen MR) is 84.0 cm³/mol. The number of alkyl carbamates (subject to hydrolysis) is 1. The molecule has 5 nitrogen and oxygen atoms in total. The van der Waals surface area contributed by atoms with Crippen LogP contribution in [0.5, 0.6) is 0 Å². The van der Waals surface area contributed by atoms with E-state index in [2.05, 4.69) is 22.5 Å². The van der Waals surface area contributed by atoms with Crippen molar-refractivity contribution in [2.24, 2.45) is 0 Å². The average Bonchev–Trinajstić information content (AvgIpc) is 2.41. The second kappa shape index (κ2) is 8.62. The van der Waals surface area contributed by atoms with Gasteiger partial charge in [0.05, 0.1) is 5.69 Å². The van der Waals surface area contributed by atoms with Gasteiger partial charge in [-0.25, -0.2) is 4.79 Å². The van der Waals surface area contributed by atoms with E-state index in [1.54, 1.807) is 6.20 Å². The molecular formula is C16H27N3O2. The lowest BCUT2D eigenvalue weighted by Crippen LogP contribution is -2.42. The Morgan fingerprint density at radius 2 is 2.14 bits per heavy atom. The van der Waals surface area contributed by atoms with Crippen molar-refractivity contribution in [2.45, 2.75) is 58.7 Å². The van der Waals surface area contributed by atoms with Gasteiger partial charge in [-0.15, -0.1) is 0 Å². The molecule has 1 unspecified atom stereocenters. The first-order valence-electron chi connectivity index (χ1n) is 7.51. The summed E-state index contributed by atoms with van der Waals surface area (Å²) in [6, 6.07) is 6.07. The fourth-order valence-corrected chi connectivity index (χ4v) is 1.90. The molecule has 1 rings (SSSR count). The van der Waals surface area contributed by atoms with Gasteiger partial charge in [0, 0.05) is 25.3 Å². The average molecular weight is 293 g/mol. The van der Waals surface area contributed by atoms with Gasteiger partial charge in [-0.2, -0.15) is 0 Å². The van der Waals surface area contributed by atoms with E-state index in [0.29, 0.717) is 13.1 Å². The summed E-state index contributed by atoms with van der Waals surface area (Å²) in [7, 11) is 0. The van der Waals surface area contributed by atoms with E-state index in [1.165, 1.54) is 0 Å². The Bertz CT molecular complexity index is 415. The van der Waals surface area contributed by atoms with Crippen LogP contribution in [-0.4, -0.2) is 29.3 Å². The van der Waals surface area contributed by atoms with Gasteiger partial charge in [0.2, 0.25) is 0 Å². The Morgan fingerprint density at radius 3 is 2.71 bits per heavy atom. The number of hydrogen-bond donors (Lipinski definition) is 2. The highest BCUT2D eigenvalue weighted by Crippen LogP contribution is 2.06. The van der Waals surface area contributed by atoms with Gasteiger partial charge in [-0.1, -0.05) is 19.4 Å². The third-order valence-electron chi connectivity index (χ3n) is 2.83. The van der Waals surface area contributed by atoms with Crippen molar-refractivity contribution in [3.05, 3.63) is 30.1 Å². The van der Waals surface area contributed by atoms with E-state index in [9.17, 15) is 4.79 Å². The maximum absolute atomic E-state index is 11.7. The highest BCUT2D eigenvalue weighted by atomic mass is 16.6. The van der Waals surface area contributed by atoms with Crippen LogP contribution in [0.1, 0.15) is 46.2 Å². The van der Waals surface area contributed by atoms with Gasteiger partial charge in [0.1, 0.15) is 5.60 Å². The van der Waals surface area contributed by atoms with Crippen LogP contribution in [0.4, 0.5) is 4.79 Å². The molecule has 1 aromatic heterocycles. The second-order valence-corrected chi connectivity index (χ2v) is 6.07. The summed E-state index contributed by atoms with van der Waals surface area (Å²) in [4.78, 5) is 15.9. The zero-order chi connectivity index (χ0) is 15.7. The van der Waals surface area contributed by atoms with Crippen molar-refractivity contribution in [1.82, 2.24) is 15.6 Å². The maximum atomic E-state index is 11.7. The van der Waals surface area contributed by atoms with E-state index in [1.807, 2.05) is 39.0 Å². The number of rotatable bonds is 7. The molecule has 5 heteroatoms. The Kier molecular flexibility index (Phi) is 7.15. The molecule has 0 aliphatic rings. The molecular weight excluding hydrogens is 266 g/mol. The largest absolute Gasteiger partial charge is 0.444 e. The van der Waals surface area contributed by atoms with E-state index in [-0.39, 0.29) is 12.1 Å². The first kappa shape index (κ1) is 17.4. The van der Waals surface area contributed by atoms with Gasteiger partial charge in [-0.3, -0.25) is 4.98 Å². The fourth-order valence-electron chi connectivity index (χ4n) is 1.90. The Labute approximate surface area is 127 Å². The van der Waals surface area contributed by atoms with Crippen molar-refractivity contribution < 1.29 is 9.53 Å². The van der Waals surface area contributed by atoms with Crippen LogP contribution in [-0.2, 0) is 11.3 Å². The highest BCUT2D eigenvalue weighted by molar-refractivity contribution is 5.67. The summed E-state index contributed by atoms with van der Waals surface area (Å²) in [6.45, 7) is 8.94. The monoisotopic (exact) mass is 293 g/mol. The first-order chi connectivity index (χ1) is 9.90. The van der Waals surface area contributed by atoms with E-state index in [4.69, 9.17) is 4.74 Å². The molecule has 1 heterocycles. The lowest BCUT2D eigenvalue weighted by atomic mass is 10.1. The molecule has 2 N–H and O–H groups in total. The lowest BCUT2D eigenvalue weighted by molar-refractivity contribution is 0.0521. The molecule has 0 radical (unpaired) electrons. The van der Waals surface area contributed by atoms with Crippen LogP contribution < -0.4 is 10.6 Å². The molecule has 0 aromatic carbocycles. The van der Waals surface area contributed by atoms with Crippen LogP contribution in [0.3, 0.4) is 0 Å². The SMILES string of the molecule is CCCC(CNC(=O)OC(C)(C)C)NCc1ccccn1. The summed E-state index contributed by atoms with van der Waals surface area (Å²) >= 11 is 0. The standard InChI is InChI=1S/C16H27N3O2/c1-5-8-13(12-19-15(20)21-16(2,3)4)18-11-14-9-6-7-10-17-14/h6-7,9-10,13,18H,5,8,11-12H2,1-4H3,(H,19,20). The van der Waals surface area contributed by atoms with Crippen molar-refractivity contribution in [2.75, 3.05) is 6.54 Å². The van der Waals surface area contributed by atoms with Gasteiger partial charge in [-0.05, 0) is 39.3 Å². The Morgan fingerprint density at radius 1 is 1.38 bits per heavy atom. The molecule has 0 saturated heterocycles. The third-order valence-corrected chi connectivity index (χ3v) is 2.83.